The third-order valence-electron chi connectivity index (χ3n) is 4.64. The Morgan fingerprint density at radius 3 is 2.81 bits per heavy atom. The van der Waals surface area contributed by atoms with Crippen LogP contribution in [0.5, 0.6) is 0 Å². The van der Waals surface area contributed by atoms with Gasteiger partial charge in [-0.2, -0.15) is 0 Å². The van der Waals surface area contributed by atoms with Gasteiger partial charge in [0, 0.05) is 18.0 Å². The smallest absolute Gasteiger partial charge is 0.224 e. The summed E-state index contributed by atoms with van der Waals surface area (Å²) in [6.45, 7) is 0. The van der Waals surface area contributed by atoms with Crippen LogP contribution in [0.3, 0.4) is 0 Å². The van der Waals surface area contributed by atoms with Crippen LogP contribution in [0, 0.1) is 0 Å². The number of aryl methyl sites for hydroxylation is 1. The number of nitrogens with one attached hydrogen (secondary N) is 1. The molecule has 21 heavy (non-hydrogen) atoms. The van der Waals surface area contributed by atoms with Crippen molar-refractivity contribution in [3.8, 4) is 0 Å². The van der Waals surface area contributed by atoms with E-state index in [2.05, 4.69) is 17.4 Å². The molecule has 0 fully saturated rings. The summed E-state index contributed by atoms with van der Waals surface area (Å²) in [6, 6.07) is 14.2. The van der Waals surface area contributed by atoms with E-state index in [0.717, 1.165) is 29.7 Å². The van der Waals surface area contributed by atoms with E-state index in [9.17, 15) is 9.90 Å². The molecule has 2 unspecified atom stereocenters. The van der Waals surface area contributed by atoms with Crippen molar-refractivity contribution in [3.63, 3.8) is 0 Å². The van der Waals surface area contributed by atoms with Gasteiger partial charge in [0.2, 0.25) is 5.91 Å². The number of fused-ring (bicyclic) bond motifs is 2. The van der Waals surface area contributed by atoms with Gasteiger partial charge in [-0.25, -0.2) is 0 Å². The minimum Gasteiger partial charge on any atom is -0.388 e. The SMILES string of the molecule is O=C1CCc2cc(C(O)C3Cc4ccccc43)ccc2N1. The molecule has 2 aromatic rings. The first-order chi connectivity index (χ1) is 10.2. The standard InChI is InChI=1S/C18H17NO2/c20-17-8-6-12-9-13(5-7-16(12)19-17)18(21)15-10-11-3-1-2-4-14(11)15/h1-5,7,9,15,18,21H,6,8,10H2,(H,19,20). The average Bonchev–Trinajstić information content (AvgIpc) is 2.48. The summed E-state index contributed by atoms with van der Waals surface area (Å²) in [7, 11) is 0. The van der Waals surface area contributed by atoms with Crippen molar-refractivity contribution >= 4 is 11.6 Å². The molecule has 0 aromatic heterocycles. The number of rotatable bonds is 2. The number of carbonyl (C=O) groups excluding carboxylic acids is 1. The van der Waals surface area contributed by atoms with E-state index >= 15 is 0 Å². The summed E-state index contributed by atoms with van der Waals surface area (Å²) in [5.41, 5.74) is 5.56. The highest BCUT2D eigenvalue weighted by Crippen LogP contribution is 2.43. The van der Waals surface area contributed by atoms with E-state index in [1.807, 2.05) is 30.3 Å². The van der Waals surface area contributed by atoms with E-state index in [0.29, 0.717) is 6.42 Å². The van der Waals surface area contributed by atoms with Gasteiger partial charge < -0.3 is 10.4 Å². The molecule has 3 nitrogen and oxygen atoms in total. The zero-order valence-electron chi connectivity index (χ0n) is 11.7. The molecule has 2 aromatic carbocycles. The van der Waals surface area contributed by atoms with Crippen LogP contribution in [0.2, 0.25) is 0 Å². The Labute approximate surface area is 123 Å². The molecule has 0 radical (unpaired) electrons. The molecular weight excluding hydrogens is 262 g/mol. The molecule has 106 valence electrons. The average molecular weight is 279 g/mol. The number of aliphatic hydroxyl groups is 1. The summed E-state index contributed by atoms with van der Waals surface area (Å²) in [6.07, 6.45) is 1.75. The van der Waals surface area contributed by atoms with Crippen LogP contribution in [-0.4, -0.2) is 11.0 Å². The van der Waals surface area contributed by atoms with Crippen molar-refractivity contribution in [1.29, 1.82) is 0 Å². The summed E-state index contributed by atoms with van der Waals surface area (Å²) < 4.78 is 0. The third-order valence-corrected chi connectivity index (χ3v) is 4.64. The molecular formula is C18H17NO2. The molecule has 1 amide bonds. The Balaban J connectivity index is 1.61. The van der Waals surface area contributed by atoms with Gasteiger partial charge >= 0.3 is 0 Å². The first kappa shape index (κ1) is 12.6. The predicted octanol–water partition coefficient (Wildman–Crippen LogP) is 2.94. The molecule has 0 saturated heterocycles. The van der Waals surface area contributed by atoms with Crippen LogP contribution < -0.4 is 5.32 Å². The summed E-state index contributed by atoms with van der Waals surface area (Å²) in [5.74, 6) is 0.265. The van der Waals surface area contributed by atoms with Crippen molar-refractivity contribution in [2.75, 3.05) is 5.32 Å². The van der Waals surface area contributed by atoms with Crippen LogP contribution in [0.1, 0.15) is 40.7 Å². The van der Waals surface area contributed by atoms with Gasteiger partial charge in [-0.1, -0.05) is 36.4 Å². The Kier molecular flexibility index (Phi) is 2.82. The van der Waals surface area contributed by atoms with E-state index in [1.165, 1.54) is 11.1 Å². The van der Waals surface area contributed by atoms with Crippen LogP contribution in [0.25, 0.3) is 0 Å². The number of hydrogen-bond donors (Lipinski definition) is 2. The molecule has 3 heteroatoms. The van der Waals surface area contributed by atoms with Gasteiger partial charge in [0.05, 0.1) is 6.10 Å². The maximum atomic E-state index is 11.4. The summed E-state index contributed by atoms with van der Waals surface area (Å²) in [5, 5.41) is 13.5. The fourth-order valence-corrected chi connectivity index (χ4v) is 3.40. The van der Waals surface area contributed by atoms with E-state index in [-0.39, 0.29) is 11.8 Å². The zero-order chi connectivity index (χ0) is 14.4. The second-order valence-corrected chi connectivity index (χ2v) is 5.92. The van der Waals surface area contributed by atoms with Crippen molar-refractivity contribution < 1.29 is 9.90 Å². The molecule has 2 atom stereocenters. The van der Waals surface area contributed by atoms with Crippen molar-refractivity contribution in [2.24, 2.45) is 0 Å². The molecule has 0 bridgehead atoms. The highest BCUT2D eigenvalue weighted by molar-refractivity contribution is 5.93. The number of anilines is 1. The molecule has 1 heterocycles. The van der Waals surface area contributed by atoms with Crippen molar-refractivity contribution in [2.45, 2.75) is 31.3 Å². The molecule has 1 aliphatic heterocycles. The minimum absolute atomic E-state index is 0.0729. The van der Waals surface area contributed by atoms with Crippen LogP contribution in [0.15, 0.2) is 42.5 Å². The lowest BCUT2D eigenvalue weighted by molar-refractivity contribution is -0.116. The summed E-state index contributed by atoms with van der Waals surface area (Å²) >= 11 is 0. The fraction of sp³-hybridized carbons (Fsp3) is 0.278. The third kappa shape index (κ3) is 2.05. The van der Waals surface area contributed by atoms with E-state index < -0.39 is 6.10 Å². The van der Waals surface area contributed by atoms with Gasteiger partial charge in [-0.05, 0) is 41.2 Å². The van der Waals surface area contributed by atoms with Gasteiger partial charge in [0.15, 0.2) is 0 Å². The van der Waals surface area contributed by atoms with Crippen molar-refractivity contribution in [3.05, 3.63) is 64.7 Å². The Bertz CT molecular complexity index is 723. The molecule has 1 aliphatic carbocycles. The Hall–Kier alpha value is -2.13. The first-order valence-electron chi connectivity index (χ1n) is 7.41. The monoisotopic (exact) mass is 279 g/mol. The number of carbonyl (C=O) groups is 1. The minimum atomic E-state index is -0.470. The van der Waals surface area contributed by atoms with Gasteiger partial charge in [0.1, 0.15) is 0 Å². The number of aliphatic hydroxyl groups excluding tert-OH is 1. The highest BCUT2D eigenvalue weighted by Gasteiger charge is 2.32. The topological polar surface area (TPSA) is 49.3 Å². The molecule has 4 rings (SSSR count). The second kappa shape index (κ2) is 4.71. The quantitative estimate of drug-likeness (QED) is 0.888. The van der Waals surface area contributed by atoms with Crippen molar-refractivity contribution in [1.82, 2.24) is 0 Å². The number of benzene rings is 2. The largest absolute Gasteiger partial charge is 0.388 e. The van der Waals surface area contributed by atoms with Crippen LogP contribution in [-0.2, 0) is 17.6 Å². The number of hydrogen-bond acceptors (Lipinski definition) is 2. The lowest BCUT2D eigenvalue weighted by Crippen LogP contribution is -2.24. The van der Waals surface area contributed by atoms with E-state index in [1.54, 1.807) is 0 Å². The van der Waals surface area contributed by atoms with Gasteiger partial charge in [-0.3, -0.25) is 4.79 Å². The van der Waals surface area contributed by atoms with Gasteiger partial charge in [-0.15, -0.1) is 0 Å². The zero-order valence-corrected chi connectivity index (χ0v) is 11.7. The number of amides is 1. The Morgan fingerprint density at radius 2 is 1.95 bits per heavy atom. The maximum Gasteiger partial charge on any atom is 0.224 e. The normalized spacial score (nSPS) is 20.8. The van der Waals surface area contributed by atoms with Crippen LogP contribution >= 0.6 is 0 Å². The second-order valence-electron chi connectivity index (χ2n) is 5.92. The lowest BCUT2D eigenvalue weighted by atomic mass is 9.73. The lowest BCUT2D eigenvalue weighted by Gasteiger charge is -2.34. The predicted molar refractivity (Wildman–Crippen MR) is 81.2 cm³/mol. The molecule has 2 aliphatic rings. The Morgan fingerprint density at radius 1 is 1.10 bits per heavy atom. The highest BCUT2D eigenvalue weighted by atomic mass is 16.3. The van der Waals surface area contributed by atoms with E-state index in [4.69, 9.17) is 0 Å². The maximum absolute atomic E-state index is 11.4. The summed E-state index contributed by atoms with van der Waals surface area (Å²) in [4.78, 5) is 11.4. The molecule has 0 spiro atoms. The fourth-order valence-electron chi connectivity index (χ4n) is 3.40. The molecule has 0 saturated carbocycles. The molecule has 2 N–H and O–H groups in total. The first-order valence-corrected chi connectivity index (χ1v) is 7.41. The van der Waals surface area contributed by atoms with Gasteiger partial charge in [0.25, 0.3) is 0 Å². The van der Waals surface area contributed by atoms with Crippen LogP contribution in [0.4, 0.5) is 5.69 Å².